The molecule has 9 amide bonds. The molecule has 1 aliphatic rings. The number of hydrogen-bond donors (Lipinski definition) is 15. The van der Waals surface area contributed by atoms with E-state index in [2.05, 4.69) is 69.7 Å². The minimum atomic E-state index is -5.30. The number of aliphatic hydroxyl groups excluding tert-OH is 2. The van der Waals surface area contributed by atoms with Gasteiger partial charge in [0.1, 0.15) is 54.6 Å². The number of carbonyl (C=O) groups is 10. The van der Waals surface area contributed by atoms with Crippen LogP contribution in [0.2, 0.25) is 0 Å². The molecule has 10 atom stereocenters. The molecule has 2 heterocycles. The van der Waals surface area contributed by atoms with E-state index in [-0.39, 0.29) is 49.4 Å². The van der Waals surface area contributed by atoms with E-state index in [4.69, 9.17) is 5.73 Å². The molecular formula is C37H61N12O16PS2. The third kappa shape index (κ3) is 19.4. The van der Waals surface area contributed by atoms with Crippen LogP contribution in [-0.4, -0.2) is 199 Å². The number of aromatic amines is 1. The highest BCUT2D eigenvalue weighted by Gasteiger charge is 2.40. The van der Waals surface area contributed by atoms with Gasteiger partial charge in [-0.25, -0.2) is 9.55 Å². The number of rotatable bonds is 29. The summed E-state index contributed by atoms with van der Waals surface area (Å²) in [5.41, 5.74) is 5.82. The number of hydrogen-bond acceptors (Lipinski definition) is 18. The van der Waals surface area contributed by atoms with Gasteiger partial charge in [0.25, 0.3) is 0 Å². The zero-order chi connectivity index (χ0) is 51.3. The molecule has 2 rings (SSSR count). The molecule has 0 saturated carbocycles. The van der Waals surface area contributed by atoms with Crippen LogP contribution in [0.15, 0.2) is 12.5 Å². The molecule has 1 aromatic rings. The number of likely N-dealkylation sites (tertiary alicyclic amines) is 1. The number of H-pyrrole nitrogens is 1. The zero-order valence-corrected chi connectivity index (χ0v) is 40.1. The van der Waals surface area contributed by atoms with Crippen molar-refractivity contribution < 1.29 is 77.0 Å². The van der Waals surface area contributed by atoms with Crippen LogP contribution in [-0.2, 0) is 63.5 Å². The smallest absolute Gasteiger partial charge is 0.394 e. The molecule has 0 spiro atoms. The Kier molecular flexibility index (Phi) is 25.1. The van der Waals surface area contributed by atoms with Gasteiger partial charge in [-0.15, -0.1) is 0 Å². The molecule has 1 saturated heterocycles. The Labute approximate surface area is 399 Å². The molecule has 0 aliphatic carbocycles. The van der Waals surface area contributed by atoms with Crippen molar-refractivity contribution >= 4 is 91.7 Å². The molecule has 0 unspecified atom stereocenters. The SMILES string of the molecule is CSCC[C@H](NC(=O)[C@H](COP(=O)(O)O)NC(=O)[C@H](Cc1cnc[nH]1)NC(=O)[C@H](CO)NC(=O)[C@H](C)N)C(=O)N1CCC[C@H]1C(=O)N[C@@H](CO)C(=O)N[C@@H](C)C(=O)N[C@@H](C)C(=O)N[C@H](C=O)CS. The first-order chi connectivity index (χ1) is 32.0. The van der Waals surface area contributed by atoms with Crippen molar-refractivity contribution in [2.24, 2.45) is 5.73 Å². The Morgan fingerprint density at radius 3 is 1.91 bits per heavy atom. The van der Waals surface area contributed by atoms with Crippen molar-refractivity contribution in [3.8, 4) is 0 Å². The average molecular weight is 1030 g/mol. The lowest BCUT2D eigenvalue weighted by molar-refractivity contribution is -0.143. The van der Waals surface area contributed by atoms with Crippen molar-refractivity contribution in [3.63, 3.8) is 0 Å². The van der Waals surface area contributed by atoms with Crippen LogP contribution in [0.4, 0.5) is 0 Å². The number of imidazole rings is 1. The second kappa shape index (κ2) is 29.0. The van der Waals surface area contributed by atoms with E-state index in [1.807, 2.05) is 0 Å². The predicted molar refractivity (Wildman–Crippen MR) is 243 cm³/mol. The molecule has 28 nitrogen and oxygen atoms in total. The number of thiol groups is 1. The van der Waals surface area contributed by atoms with Crippen molar-refractivity contribution in [2.45, 2.75) is 107 Å². The molecule has 15 N–H and O–H groups in total. The summed E-state index contributed by atoms with van der Waals surface area (Å²) in [5, 5.41) is 38.5. The van der Waals surface area contributed by atoms with E-state index in [1.54, 1.807) is 6.26 Å². The number of thioether (sulfide) groups is 1. The molecular weight excluding hydrogens is 964 g/mol. The first kappa shape index (κ1) is 58.9. The molecule has 0 radical (unpaired) electrons. The van der Waals surface area contributed by atoms with Crippen molar-refractivity contribution in [2.75, 3.05) is 44.1 Å². The lowest BCUT2D eigenvalue weighted by atomic mass is 10.1. The van der Waals surface area contributed by atoms with Gasteiger partial charge in [-0.2, -0.15) is 24.4 Å². The maximum Gasteiger partial charge on any atom is 0.469 e. The molecule has 31 heteroatoms. The Hall–Kier alpha value is -5.20. The van der Waals surface area contributed by atoms with Crippen LogP contribution in [0.5, 0.6) is 0 Å². The zero-order valence-electron chi connectivity index (χ0n) is 37.5. The number of carbonyl (C=O) groups excluding carboxylic acids is 10. The number of phosphoric acid groups is 1. The van der Waals surface area contributed by atoms with Crippen molar-refractivity contribution in [1.82, 2.24) is 57.4 Å². The fraction of sp³-hybridized carbons (Fsp3) is 0.649. The van der Waals surface area contributed by atoms with Crippen LogP contribution in [0, 0.1) is 0 Å². The van der Waals surface area contributed by atoms with Crippen molar-refractivity contribution in [3.05, 3.63) is 18.2 Å². The van der Waals surface area contributed by atoms with Gasteiger partial charge in [0, 0.05) is 30.6 Å². The molecule has 1 aliphatic heterocycles. The summed E-state index contributed by atoms with van der Waals surface area (Å²) in [6.45, 7) is 0.877. The fourth-order valence-corrected chi connectivity index (χ4v) is 7.16. The van der Waals surface area contributed by atoms with Gasteiger partial charge in [0.2, 0.25) is 53.2 Å². The second-order valence-electron chi connectivity index (χ2n) is 15.4. The highest BCUT2D eigenvalue weighted by atomic mass is 32.2. The topological polar surface area (TPSA) is 432 Å². The van der Waals surface area contributed by atoms with Crippen LogP contribution in [0.1, 0.15) is 45.7 Å². The van der Waals surface area contributed by atoms with Gasteiger partial charge in [-0.3, -0.25) is 47.7 Å². The first-order valence-corrected chi connectivity index (χ1v) is 24.5. The van der Waals surface area contributed by atoms with Gasteiger partial charge in [-0.1, -0.05) is 0 Å². The molecule has 382 valence electrons. The number of nitrogens with zero attached hydrogens (tertiary/aromatic N) is 2. The predicted octanol–water partition coefficient (Wildman–Crippen LogP) is -6.82. The summed E-state index contributed by atoms with van der Waals surface area (Å²) < 4.78 is 16.3. The number of phosphoric ester groups is 1. The monoisotopic (exact) mass is 1020 g/mol. The molecule has 1 aromatic heterocycles. The van der Waals surface area contributed by atoms with Crippen molar-refractivity contribution in [1.29, 1.82) is 0 Å². The molecule has 68 heavy (non-hydrogen) atoms. The summed E-state index contributed by atoms with van der Waals surface area (Å²) in [6.07, 6.45) is 4.67. The standard InChI is InChI=1S/C37H61N12O16PS2/c1-18(38)29(53)46-26(14-52)34(58)45-24(10-21-11-39-17-40-21)32(56)48-27(15-65-66(62,63)64)35(59)44-23(7-9-68-4)37(61)49-8-5-6-28(49)36(60)47-25(13-51)33(57)42-19(2)30(54)41-20(3)31(55)43-22(12-50)16-67/h11-12,17-20,22-28,51-52,67H,5-10,13-16,38H2,1-4H3,(H,39,40)(H,41,54)(H,42,57)(H,43,55)(H,44,59)(H,45,58)(H,46,53)(H,47,60)(H,48,56)(H2,62,63,64)/t18-,19-,20-,22+,23-,24-,25-,26-,27-,28-/m0/s1. The van der Waals surface area contributed by atoms with Crippen LogP contribution in [0.3, 0.4) is 0 Å². The van der Waals surface area contributed by atoms with Gasteiger partial charge < -0.3 is 82.9 Å². The van der Waals surface area contributed by atoms with Crippen LogP contribution < -0.4 is 48.3 Å². The normalized spacial score (nSPS) is 17.6. The van der Waals surface area contributed by atoms with E-state index in [1.165, 1.54) is 45.1 Å². The average Bonchev–Trinajstić information content (AvgIpc) is 4.01. The van der Waals surface area contributed by atoms with E-state index in [0.717, 1.165) is 4.90 Å². The number of aromatic nitrogens is 2. The van der Waals surface area contributed by atoms with Gasteiger partial charge in [0.05, 0.1) is 38.2 Å². The number of amides is 9. The maximum atomic E-state index is 14.2. The summed E-state index contributed by atoms with van der Waals surface area (Å²) in [7, 11) is -5.30. The van der Waals surface area contributed by atoms with E-state index in [0.29, 0.717) is 6.29 Å². The van der Waals surface area contributed by atoms with E-state index < -0.39 is 141 Å². The molecule has 0 bridgehead atoms. The largest absolute Gasteiger partial charge is 0.469 e. The Bertz CT molecular complexity index is 1960. The highest BCUT2D eigenvalue weighted by molar-refractivity contribution is 7.98. The highest BCUT2D eigenvalue weighted by Crippen LogP contribution is 2.35. The lowest BCUT2D eigenvalue weighted by Crippen LogP contribution is -2.61. The maximum absolute atomic E-state index is 14.2. The Balaban J connectivity index is 2.28. The summed E-state index contributed by atoms with van der Waals surface area (Å²) in [4.78, 5) is 157. The third-order valence-electron chi connectivity index (χ3n) is 9.96. The number of nitrogens with one attached hydrogen (secondary N) is 9. The second-order valence-corrected chi connectivity index (χ2v) is 18.0. The van der Waals surface area contributed by atoms with Crippen LogP contribution >= 0.6 is 32.2 Å². The van der Waals surface area contributed by atoms with Gasteiger partial charge in [0.15, 0.2) is 0 Å². The van der Waals surface area contributed by atoms with Gasteiger partial charge in [-0.05, 0) is 52.0 Å². The third-order valence-corrected chi connectivity index (χ3v) is 11.5. The molecule has 1 fully saturated rings. The van der Waals surface area contributed by atoms with E-state index >= 15 is 0 Å². The van der Waals surface area contributed by atoms with Crippen LogP contribution in [0.25, 0.3) is 0 Å². The number of aldehydes is 1. The van der Waals surface area contributed by atoms with Gasteiger partial charge >= 0.3 is 7.82 Å². The number of nitrogens with two attached hydrogens (primary N) is 1. The fourth-order valence-electron chi connectivity index (χ4n) is 6.17. The number of aliphatic hydroxyl groups is 2. The quantitative estimate of drug-likeness (QED) is 0.0201. The lowest BCUT2D eigenvalue weighted by Gasteiger charge is -2.31. The minimum Gasteiger partial charge on any atom is -0.394 e. The summed E-state index contributed by atoms with van der Waals surface area (Å²) in [6, 6.07) is -13.8. The Morgan fingerprint density at radius 1 is 0.838 bits per heavy atom. The molecule has 0 aromatic carbocycles. The minimum absolute atomic E-state index is 0.00953. The first-order valence-electron chi connectivity index (χ1n) is 20.9. The summed E-state index contributed by atoms with van der Waals surface area (Å²) in [5.74, 6) is -8.15. The Morgan fingerprint density at radius 2 is 1.37 bits per heavy atom. The van der Waals surface area contributed by atoms with E-state index in [9.17, 15) is 72.5 Å². The summed E-state index contributed by atoms with van der Waals surface area (Å²) >= 11 is 5.22.